The summed E-state index contributed by atoms with van der Waals surface area (Å²) < 4.78 is 5.89. The molecule has 4 aromatic rings. The quantitative estimate of drug-likeness (QED) is 0.217. The predicted molar refractivity (Wildman–Crippen MR) is 110 cm³/mol. The van der Waals surface area contributed by atoms with E-state index in [0.29, 0.717) is 20.3 Å². The molecule has 0 saturated heterocycles. The zero-order chi connectivity index (χ0) is 19.7. The van der Waals surface area contributed by atoms with Gasteiger partial charge in [-0.25, -0.2) is 14.6 Å². The van der Waals surface area contributed by atoms with Crippen LogP contribution in [0.5, 0.6) is 5.75 Å². The summed E-state index contributed by atoms with van der Waals surface area (Å²) in [6.07, 6.45) is 0. The van der Waals surface area contributed by atoms with Crippen LogP contribution >= 0.6 is 31.9 Å². The number of fused-ring (bicyclic) bond motifs is 1. The average Bonchev–Trinajstić information content (AvgIpc) is 3.14. The van der Waals surface area contributed by atoms with Crippen LogP contribution in [0.25, 0.3) is 11.3 Å². The van der Waals surface area contributed by atoms with Crippen molar-refractivity contribution in [3.8, 4) is 5.75 Å². The molecule has 2 aromatic heterocycles. The van der Waals surface area contributed by atoms with Crippen molar-refractivity contribution in [2.75, 3.05) is 5.32 Å². The number of para-hydroxylation sites is 1. The maximum atomic E-state index is 10.5. The number of nitrogens with one attached hydrogen (secondary N) is 1. The number of aromatic nitrogens is 4. The number of nitrogens with two attached hydrogens (primary N) is 1. The molecule has 0 fully saturated rings. The molecule has 0 aliphatic rings. The number of hydrogen-bond acceptors (Lipinski definition) is 9. The highest BCUT2D eigenvalue weighted by Crippen LogP contribution is 2.34. The number of phenolic OH excluding ortho intramolecular Hbond substituents is 1. The molecular formula is C17H11Br2N7O2. The van der Waals surface area contributed by atoms with Crippen molar-refractivity contribution in [2.45, 2.75) is 0 Å². The molecule has 0 spiro atoms. The van der Waals surface area contributed by atoms with Gasteiger partial charge in [-0.15, -0.1) is 0 Å². The van der Waals surface area contributed by atoms with Gasteiger partial charge in [-0.2, -0.15) is 5.10 Å². The molecule has 2 heterocycles. The minimum absolute atomic E-state index is 0.0433. The number of rotatable bonds is 4. The monoisotopic (exact) mass is 503 g/mol. The van der Waals surface area contributed by atoms with E-state index in [9.17, 15) is 5.11 Å². The van der Waals surface area contributed by atoms with Gasteiger partial charge in [0.05, 0.1) is 4.47 Å². The first kappa shape index (κ1) is 18.3. The summed E-state index contributed by atoms with van der Waals surface area (Å²) in [5.74, 6) is 5.96. The third kappa shape index (κ3) is 3.41. The van der Waals surface area contributed by atoms with Gasteiger partial charge in [0.15, 0.2) is 5.82 Å². The lowest BCUT2D eigenvalue weighted by molar-refractivity contribution is 0.314. The molecule has 11 heteroatoms. The van der Waals surface area contributed by atoms with Crippen LogP contribution < -0.4 is 11.2 Å². The molecule has 9 nitrogen and oxygen atoms in total. The van der Waals surface area contributed by atoms with Crippen molar-refractivity contribution < 1.29 is 9.74 Å². The van der Waals surface area contributed by atoms with Crippen LogP contribution in [-0.2, 0) is 0 Å². The summed E-state index contributed by atoms with van der Waals surface area (Å²) in [5, 5.41) is 25.0. The first-order chi connectivity index (χ1) is 13.6. The number of nitrogens with zero attached hydrogens (tertiary/aromatic N) is 5. The highest BCUT2D eigenvalue weighted by atomic mass is 79.9. The highest BCUT2D eigenvalue weighted by Gasteiger charge is 2.23. The van der Waals surface area contributed by atoms with Crippen LogP contribution in [0.3, 0.4) is 0 Å². The number of phenols is 1. The zero-order valence-electron chi connectivity index (χ0n) is 14.0. The molecule has 0 aliphatic carbocycles. The van der Waals surface area contributed by atoms with E-state index < -0.39 is 0 Å². The standard InChI is InChI=1S/C17H11Br2N7O2/c18-8-6-10(14(27)11(19)7-8)12(24-20)13-15(21-9-4-2-1-3-5-9)23-17-16(22-13)25-28-26-17/h1-7,27H,20H2,(H,21,23,26)/b24-12+. The Labute approximate surface area is 174 Å². The minimum Gasteiger partial charge on any atom is -0.506 e. The van der Waals surface area contributed by atoms with E-state index in [2.05, 4.69) is 62.6 Å². The van der Waals surface area contributed by atoms with E-state index in [1.807, 2.05) is 30.3 Å². The van der Waals surface area contributed by atoms with Crippen LogP contribution in [0.15, 0.2) is 61.1 Å². The van der Waals surface area contributed by atoms with E-state index in [-0.39, 0.29) is 28.4 Å². The van der Waals surface area contributed by atoms with E-state index in [1.165, 1.54) is 0 Å². The number of hydrazone groups is 1. The summed E-state index contributed by atoms with van der Waals surface area (Å²) in [6.45, 7) is 0. The van der Waals surface area contributed by atoms with Gasteiger partial charge in [-0.1, -0.05) is 34.1 Å². The molecule has 0 unspecified atom stereocenters. The Morgan fingerprint density at radius 2 is 1.79 bits per heavy atom. The molecule has 0 bridgehead atoms. The SMILES string of the molecule is N/N=C(\c1cc(Br)cc(Br)c1O)c1nc2nonc2nc1Nc1ccccc1. The Morgan fingerprint density at radius 3 is 2.50 bits per heavy atom. The predicted octanol–water partition coefficient (Wildman–Crippen LogP) is 3.70. The van der Waals surface area contributed by atoms with Gasteiger partial charge >= 0.3 is 0 Å². The summed E-state index contributed by atoms with van der Waals surface area (Å²) in [6, 6.07) is 12.7. The van der Waals surface area contributed by atoms with Gasteiger partial charge in [0.25, 0.3) is 0 Å². The van der Waals surface area contributed by atoms with Crippen LogP contribution in [0.2, 0.25) is 0 Å². The molecule has 140 valence electrons. The van der Waals surface area contributed by atoms with Crippen molar-refractivity contribution in [1.29, 1.82) is 0 Å². The van der Waals surface area contributed by atoms with E-state index in [4.69, 9.17) is 10.5 Å². The van der Waals surface area contributed by atoms with E-state index in [1.54, 1.807) is 12.1 Å². The first-order valence-electron chi connectivity index (χ1n) is 7.86. The number of aromatic hydroxyl groups is 1. The lowest BCUT2D eigenvalue weighted by atomic mass is 10.1. The minimum atomic E-state index is -0.0433. The lowest BCUT2D eigenvalue weighted by Gasteiger charge is -2.13. The van der Waals surface area contributed by atoms with Crippen LogP contribution in [0.4, 0.5) is 11.5 Å². The fourth-order valence-corrected chi connectivity index (χ4v) is 3.78. The Bertz CT molecular complexity index is 1200. The summed E-state index contributed by atoms with van der Waals surface area (Å²) >= 11 is 6.71. The zero-order valence-corrected chi connectivity index (χ0v) is 17.1. The average molecular weight is 505 g/mol. The third-order valence-corrected chi connectivity index (χ3v) is 4.85. The van der Waals surface area contributed by atoms with Crippen molar-refractivity contribution >= 4 is 60.4 Å². The Kier molecular flexibility index (Phi) is 4.92. The summed E-state index contributed by atoms with van der Waals surface area (Å²) in [7, 11) is 0. The molecule has 28 heavy (non-hydrogen) atoms. The van der Waals surface area contributed by atoms with Gasteiger partial charge in [0, 0.05) is 15.7 Å². The second-order valence-electron chi connectivity index (χ2n) is 5.58. The van der Waals surface area contributed by atoms with Gasteiger partial charge in [0.2, 0.25) is 11.3 Å². The smallest absolute Gasteiger partial charge is 0.245 e. The van der Waals surface area contributed by atoms with Crippen molar-refractivity contribution in [2.24, 2.45) is 10.9 Å². The molecule has 0 saturated carbocycles. The third-order valence-electron chi connectivity index (χ3n) is 3.79. The molecule has 0 atom stereocenters. The molecule has 0 amide bonds. The van der Waals surface area contributed by atoms with Gasteiger partial charge in [-0.3, -0.25) is 0 Å². The largest absolute Gasteiger partial charge is 0.506 e. The normalized spacial score (nSPS) is 11.7. The Balaban J connectivity index is 1.92. The Hall–Kier alpha value is -3.05. The second-order valence-corrected chi connectivity index (χ2v) is 7.35. The van der Waals surface area contributed by atoms with E-state index >= 15 is 0 Å². The number of anilines is 2. The van der Waals surface area contributed by atoms with Crippen molar-refractivity contribution in [3.63, 3.8) is 0 Å². The molecule has 2 aromatic carbocycles. The van der Waals surface area contributed by atoms with Crippen molar-refractivity contribution in [3.05, 3.63) is 62.7 Å². The molecular weight excluding hydrogens is 494 g/mol. The van der Waals surface area contributed by atoms with Crippen molar-refractivity contribution in [1.82, 2.24) is 20.3 Å². The van der Waals surface area contributed by atoms with E-state index in [0.717, 1.165) is 5.69 Å². The van der Waals surface area contributed by atoms with Gasteiger partial charge in [0.1, 0.15) is 17.2 Å². The second kappa shape index (κ2) is 7.52. The first-order valence-corrected chi connectivity index (χ1v) is 9.44. The Morgan fingerprint density at radius 1 is 1.07 bits per heavy atom. The maximum Gasteiger partial charge on any atom is 0.245 e. The highest BCUT2D eigenvalue weighted by molar-refractivity contribution is 9.11. The van der Waals surface area contributed by atoms with Crippen LogP contribution in [0.1, 0.15) is 11.3 Å². The maximum absolute atomic E-state index is 10.5. The fraction of sp³-hybridized carbons (Fsp3) is 0. The number of hydrogen-bond donors (Lipinski definition) is 3. The molecule has 0 aliphatic heterocycles. The summed E-state index contributed by atoms with van der Waals surface area (Å²) in [4.78, 5) is 8.85. The molecule has 4 N–H and O–H groups in total. The van der Waals surface area contributed by atoms with Crippen LogP contribution in [0, 0.1) is 0 Å². The fourth-order valence-electron chi connectivity index (χ4n) is 2.55. The topological polar surface area (TPSA) is 135 Å². The molecule has 0 radical (unpaired) electrons. The molecule has 4 rings (SSSR count). The number of benzene rings is 2. The number of halogens is 2. The summed E-state index contributed by atoms with van der Waals surface area (Å²) in [5.41, 5.74) is 2.00. The van der Waals surface area contributed by atoms with Gasteiger partial charge < -0.3 is 16.3 Å². The van der Waals surface area contributed by atoms with Gasteiger partial charge in [-0.05, 0) is 50.5 Å². The lowest BCUT2D eigenvalue weighted by Crippen LogP contribution is -2.14. The van der Waals surface area contributed by atoms with Crippen LogP contribution in [-0.4, -0.2) is 31.1 Å².